The van der Waals surface area contributed by atoms with Gasteiger partial charge in [-0.2, -0.15) is 0 Å². The molecule has 0 radical (unpaired) electrons. The lowest BCUT2D eigenvalue weighted by Crippen LogP contribution is -1.92. The van der Waals surface area contributed by atoms with Crippen LogP contribution in [-0.4, -0.2) is 0 Å². The largest absolute Gasteiger partial charge is 0.135 e. The topological polar surface area (TPSA) is 0 Å². The van der Waals surface area contributed by atoms with Crippen LogP contribution in [0.4, 0.5) is 0 Å². The number of fused-ring (bicyclic) bond motifs is 6. The van der Waals surface area contributed by atoms with Crippen molar-refractivity contribution in [1.82, 2.24) is 0 Å². The van der Waals surface area contributed by atoms with Gasteiger partial charge in [-0.05, 0) is 106 Å². The Morgan fingerprint density at radius 2 is 0.909 bits per heavy atom. The molecule has 0 N–H and O–H groups in total. The predicted molar refractivity (Wildman–Crippen MR) is 239 cm³/mol. The van der Waals surface area contributed by atoms with E-state index in [0.29, 0.717) is 6.04 Å². The van der Waals surface area contributed by atoms with Crippen molar-refractivity contribution < 1.29 is 1.37 Å². The van der Waals surface area contributed by atoms with Crippen LogP contribution in [0.1, 0.15) is 1.37 Å². The Balaban J connectivity index is 1.07. The van der Waals surface area contributed by atoms with E-state index in [1.807, 2.05) is 29.5 Å². The first-order chi connectivity index (χ1) is 27.7. The van der Waals surface area contributed by atoms with Gasteiger partial charge in [-0.25, -0.2) is 0 Å². The number of hydrogen-bond donors (Lipinski definition) is 0. The fraction of sp³-hybridized carbons (Fsp3) is 0. The maximum absolute atomic E-state index is 8.00. The molecule has 0 aliphatic carbocycles. The smallest absolute Gasteiger partial charge is 0.0623 e. The number of rotatable bonds is 5. The van der Waals surface area contributed by atoms with Gasteiger partial charge < -0.3 is 0 Å². The molecule has 10 aromatic carbocycles. The van der Waals surface area contributed by atoms with Gasteiger partial charge in [0.15, 0.2) is 0 Å². The lowest BCUT2D eigenvalue weighted by molar-refractivity contribution is 1.62. The Morgan fingerprint density at radius 1 is 0.309 bits per heavy atom. The van der Waals surface area contributed by atoms with E-state index in [9.17, 15) is 0 Å². The van der Waals surface area contributed by atoms with Crippen molar-refractivity contribution in [1.29, 1.82) is 0 Å². The molecule has 11 rings (SSSR count). The van der Waals surface area contributed by atoms with Gasteiger partial charge in [-0.1, -0.05) is 188 Å². The first-order valence-corrected chi connectivity index (χ1v) is 19.6. The molecule has 0 amide bonds. The average Bonchev–Trinajstić information content (AvgIpc) is 3.64. The lowest BCUT2D eigenvalue weighted by Gasteiger charge is -2.20. The molecule has 0 aliphatic heterocycles. The number of hydrogen-bond acceptors (Lipinski definition) is 1. The van der Waals surface area contributed by atoms with Crippen LogP contribution < -0.4 is 0 Å². The molecule has 0 nitrogen and oxygen atoms in total. The zero-order chi connectivity index (χ0) is 37.2. The molecule has 0 saturated heterocycles. The Hall–Kier alpha value is -6.80. The summed E-state index contributed by atoms with van der Waals surface area (Å²) in [5, 5.41) is 9.83. The van der Waals surface area contributed by atoms with E-state index in [1.54, 1.807) is 0 Å². The van der Waals surface area contributed by atoms with E-state index >= 15 is 0 Å². The van der Waals surface area contributed by atoms with Crippen LogP contribution in [0, 0.1) is 0 Å². The first-order valence-electron chi connectivity index (χ1n) is 19.3. The predicted octanol–water partition coefficient (Wildman–Crippen LogP) is 15.8. The molecule has 0 atom stereocenters. The average molecular weight is 716 g/mol. The molecular formula is C54H34S. The van der Waals surface area contributed by atoms with E-state index in [1.165, 1.54) is 97.4 Å². The molecule has 256 valence electrons. The van der Waals surface area contributed by atoms with Crippen molar-refractivity contribution in [3.63, 3.8) is 0 Å². The highest BCUT2D eigenvalue weighted by molar-refractivity contribution is 7.26. The summed E-state index contributed by atoms with van der Waals surface area (Å²) in [5.41, 5.74) is 12.3. The van der Waals surface area contributed by atoms with Crippen LogP contribution in [-0.2, 0) is 0 Å². The first kappa shape index (κ1) is 30.6. The maximum atomic E-state index is 8.00. The molecule has 0 aliphatic rings. The number of benzene rings is 10. The molecule has 0 fully saturated rings. The zero-order valence-electron chi connectivity index (χ0n) is 31.0. The van der Waals surface area contributed by atoms with E-state index in [0.717, 1.165) is 10.8 Å². The van der Waals surface area contributed by atoms with Gasteiger partial charge in [0.05, 0.1) is 1.37 Å². The van der Waals surface area contributed by atoms with Gasteiger partial charge >= 0.3 is 0 Å². The second kappa shape index (κ2) is 13.0. The SMILES string of the molecule is [2H]c1ccc2cc(-c3ccc(-c4c5ccccc5c(-c5ccccc5-c5ccc6sc7c(-c8ccccc8)cccc7c6c5)c5ccccc45)cc3)ccc2c1. The quantitative estimate of drug-likeness (QED) is 0.156. The van der Waals surface area contributed by atoms with Crippen LogP contribution in [0.3, 0.4) is 0 Å². The van der Waals surface area contributed by atoms with Crippen LogP contribution in [0.25, 0.3) is 108 Å². The third-order valence-corrected chi connectivity index (χ3v) is 12.4. The van der Waals surface area contributed by atoms with Gasteiger partial charge in [-0.3, -0.25) is 0 Å². The highest BCUT2D eigenvalue weighted by atomic mass is 32.1. The normalized spacial score (nSPS) is 11.9. The maximum Gasteiger partial charge on any atom is 0.0623 e. The Morgan fingerprint density at radius 3 is 1.67 bits per heavy atom. The minimum atomic E-state index is 0.537. The van der Waals surface area contributed by atoms with Gasteiger partial charge in [0, 0.05) is 20.2 Å². The van der Waals surface area contributed by atoms with Gasteiger partial charge in [0.1, 0.15) is 0 Å². The monoisotopic (exact) mass is 715 g/mol. The third kappa shape index (κ3) is 5.28. The summed E-state index contributed by atoms with van der Waals surface area (Å²) in [7, 11) is 0. The summed E-state index contributed by atoms with van der Waals surface area (Å²) < 4.78 is 10.6. The highest BCUT2D eigenvalue weighted by Crippen LogP contribution is 2.47. The summed E-state index contributed by atoms with van der Waals surface area (Å²) in [4.78, 5) is 0. The summed E-state index contributed by atoms with van der Waals surface area (Å²) in [6, 6.07) is 73.2. The molecule has 1 heterocycles. The molecule has 0 spiro atoms. The molecule has 11 aromatic rings. The summed E-state index contributed by atoms with van der Waals surface area (Å²) >= 11 is 1.88. The standard InChI is InChI=1S/C54H34S/c1-2-14-37(15-3-1)43-23-12-24-49-50-34-41(31-32-51(50)55-54(43)49)42-17-6-7-18-44(42)53-47-21-10-8-19-45(47)52(46-20-9-11-22-48(46)53)38-28-25-36(26-29-38)40-30-27-35-13-4-5-16-39(35)33-40/h1-34H/i4D. The van der Waals surface area contributed by atoms with Crippen molar-refractivity contribution in [3.8, 4) is 55.6 Å². The van der Waals surface area contributed by atoms with Crippen molar-refractivity contribution in [2.45, 2.75) is 0 Å². The lowest BCUT2D eigenvalue weighted by atomic mass is 9.83. The second-order valence-corrected chi connectivity index (χ2v) is 15.4. The minimum Gasteiger partial charge on any atom is -0.135 e. The molecule has 1 aromatic heterocycles. The van der Waals surface area contributed by atoms with E-state index in [4.69, 9.17) is 1.37 Å². The van der Waals surface area contributed by atoms with Crippen LogP contribution in [0.15, 0.2) is 206 Å². The fourth-order valence-electron chi connectivity index (χ4n) is 8.63. The van der Waals surface area contributed by atoms with E-state index in [2.05, 4.69) is 182 Å². The summed E-state index contributed by atoms with van der Waals surface area (Å²) in [6.45, 7) is 0. The van der Waals surface area contributed by atoms with Gasteiger partial charge in [-0.15, -0.1) is 11.3 Å². The summed E-state index contributed by atoms with van der Waals surface area (Å²) in [5.74, 6) is 0. The van der Waals surface area contributed by atoms with Gasteiger partial charge in [0.25, 0.3) is 0 Å². The fourth-order valence-corrected chi connectivity index (χ4v) is 9.85. The van der Waals surface area contributed by atoms with Crippen LogP contribution >= 0.6 is 11.3 Å². The van der Waals surface area contributed by atoms with E-state index in [-0.39, 0.29) is 0 Å². The minimum absolute atomic E-state index is 0.537. The van der Waals surface area contributed by atoms with Crippen LogP contribution in [0.2, 0.25) is 0 Å². The summed E-state index contributed by atoms with van der Waals surface area (Å²) in [6.07, 6.45) is 0. The molecular weight excluding hydrogens is 681 g/mol. The van der Waals surface area contributed by atoms with Crippen molar-refractivity contribution in [2.24, 2.45) is 0 Å². The Kier molecular flexibility index (Phi) is 7.21. The van der Waals surface area contributed by atoms with Crippen molar-refractivity contribution in [3.05, 3.63) is 206 Å². The van der Waals surface area contributed by atoms with E-state index < -0.39 is 0 Å². The van der Waals surface area contributed by atoms with Crippen LogP contribution in [0.5, 0.6) is 0 Å². The molecule has 0 unspecified atom stereocenters. The van der Waals surface area contributed by atoms with Crippen molar-refractivity contribution in [2.75, 3.05) is 0 Å². The number of thiophene rings is 1. The second-order valence-electron chi connectivity index (χ2n) is 14.3. The highest BCUT2D eigenvalue weighted by Gasteiger charge is 2.20. The Bertz CT molecular complexity index is 3240. The third-order valence-electron chi connectivity index (χ3n) is 11.2. The zero-order valence-corrected chi connectivity index (χ0v) is 30.8. The molecule has 1 heteroatoms. The van der Waals surface area contributed by atoms with Crippen molar-refractivity contribution >= 4 is 63.8 Å². The molecule has 0 saturated carbocycles. The van der Waals surface area contributed by atoms with Gasteiger partial charge in [0.2, 0.25) is 0 Å². The molecule has 55 heavy (non-hydrogen) atoms. The molecule has 0 bridgehead atoms. The Labute approximate surface area is 325 Å².